The average Bonchev–Trinajstić information content (AvgIpc) is 2.56. The summed E-state index contributed by atoms with van der Waals surface area (Å²) in [5.74, 6) is -2.04. The number of β-lactam (4-membered cyclic amide) rings is 1. The lowest BCUT2D eigenvalue weighted by Crippen LogP contribution is -2.72. The van der Waals surface area contributed by atoms with Crippen LogP contribution < -0.4 is 11.1 Å². The Morgan fingerprint density at radius 3 is 2.42 bits per heavy atom. The fourth-order valence-electron chi connectivity index (χ4n) is 2.48. The molecule has 1 aromatic rings. The number of phenols is 1. The number of rotatable bonds is 6. The molecule has 4 atom stereocenters. The molecule has 8 nitrogen and oxygen atoms in total. The monoisotopic (exact) mass is 353 g/mol. The zero-order valence-electron chi connectivity index (χ0n) is 13.2. The van der Waals surface area contributed by atoms with Crippen LogP contribution in [-0.2, 0) is 14.4 Å². The van der Waals surface area contributed by atoms with Gasteiger partial charge in [0.2, 0.25) is 11.8 Å². The van der Waals surface area contributed by atoms with Crippen LogP contribution in [0.5, 0.6) is 5.75 Å². The molecule has 0 radical (unpaired) electrons. The number of nitrogens with two attached hydrogens (primary N) is 1. The Morgan fingerprint density at radius 1 is 1.33 bits per heavy atom. The number of benzene rings is 1. The number of carbonyl (C=O) groups is 3. The van der Waals surface area contributed by atoms with Crippen LogP contribution in [0, 0.1) is 0 Å². The summed E-state index contributed by atoms with van der Waals surface area (Å²) in [6.45, 7) is 1.42. The van der Waals surface area contributed by atoms with Gasteiger partial charge in [-0.1, -0.05) is 12.1 Å². The van der Waals surface area contributed by atoms with Gasteiger partial charge in [-0.05, 0) is 30.9 Å². The second-order valence-electron chi connectivity index (χ2n) is 5.44. The molecular formula is C15H19N3O5S. The molecule has 1 fully saturated rings. The summed E-state index contributed by atoms with van der Waals surface area (Å²) in [4.78, 5) is 36.7. The summed E-state index contributed by atoms with van der Waals surface area (Å²) < 4.78 is 0. The molecule has 1 aliphatic heterocycles. The summed E-state index contributed by atoms with van der Waals surface area (Å²) in [5, 5.41) is 20.4. The number of amides is 2. The van der Waals surface area contributed by atoms with Gasteiger partial charge < -0.3 is 26.2 Å². The van der Waals surface area contributed by atoms with Crippen LogP contribution in [-0.4, -0.2) is 56.6 Å². The van der Waals surface area contributed by atoms with E-state index in [1.54, 1.807) is 6.26 Å². The summed E-state index contributed by atoms with van der Waals surface area (Å²) in [5.41, 5.74) is 6.37. The molecule has 1 saturated heterocycles. The van der Waals surface area contributed by atoms with Gasteiger partial charge in [0.05, 0.1) is 0 Å². The molecule has 1 heterocycles. The number of hydrogen-bond donors (Lipinski definition) is 4. The maximum absolute atomic E-state index is 12.3. The largest absolute Gasteiger partial charge is 0.508 e. The summed E-state index contributed by atoms with van der Waals surface area (Å²) in [6.07, 6.45) is 1.73. The van der Waals surface area contributed by atoms with Crippen molar-refractivity contribution in [1.29, 1.82) is 0 Å². The third-order valence-electron chi connectivity index (χ3n) is 3.93. The molecule has 0 aliphatic carbocycles. The first-order valence-electron chi connectivity index (χ1n) is 7.20. The lowest BCUT2D eigenvalue weighted by molar-refractivity contribution is -0.160. The number of nitrogens with zero attached hydrogens (tertiary/aromatic N) is 1. The van der Waals surface area contributed by atoms with Crippen LogP contribution in [0.4, 0.5) is 0 Å². The van der Waals surface area contributed by atoms with Crippen LogP contribution in [0.3, 0.4) is 0 Å². The van der Waals surface area contributed by atoms with E-state index in [0.717, 1.165) is 0 Å². The molecule has 0 bridgehead atoms. The number of carboxylic acids is 1. The van der Waals surface area contributed by atoms with Gasteiger partial charge >= 0.3 is 5.97 Å². The van der Waals surface area contributed by atoms with Crippen molar-refractivity contribution in [2.45, 2.75) is 30.4 Å². The topological polar surface area (TPSA) is 133 Å². The van der Waals surface area contributed by atoms with Crippen molar-refractivity contribution in [1.82, 2.24) is 10.2 Å². The van der Waals surface area contributed by atoms with Crippen molar-refractivity contribution in [2.75, 3.05) is 6.26 Å². The second-order valence-corrected chi connectivity index (χ2v) is 6.40. The van der Waals surface area contributed by atoms with Crippen LogP contribution in [0.25, 0.3) is 0 Å². The smallest absolute Gasteiger partial charge is 0.326 e. The third-order valence-corrected chi connectivity index (χ3v) is 4.91. The Hall–Kier alpha value is -2.26. The number of aromatic hydroxyl groups is 1. The van der Waals surface area contributed by atoms with Crippen LogP contribution in [0.15, 0.2) is 24.3 Å². The molecule has 24 heavy (non-hydrogen) atoms. The van der Waals surface area contributed by atoms with E-state index in [1.807, 2.05) is 0 Å². The molecule has 0 aromatic heterocycles. The van der Waals surface area contributed by atoms with Gasteiger partial charge in [0.25, 0.3) is 0 Å². The SMILES string of the molecule is CS[C@@H]1[C@H](NC(=O)[C@H](N)c2ccc(O)cc2)C(=O)N1[C@H](C)C(=O)O. The molecule has 5 N–H and O–H groups in total. The quantitative estimate of drug-likeness (QED) is 0.524. The van der Waals surface area contributed by atoms with Crippen molar-refractivity contribution in [2.24, 2.45) is 5.73 Å². The molecule has 0 saturated carbocycles. The Kier molecular flexibility index (Phi) is 5.35. The number of carbonyl (C=O) groups excluding carboxylic acids is 2. The fraction of sp³-hybridized carbons (Fsp3) is 0.400. The van der Waals surface area contributed by atoms with Crippen molar-refractivity contribution < 1.29 is 24.6 Å². The Bertz CT molecular complexity index is 651. The number of aliphatic carboxylic acids is 1. The van der Waals surface area contributed by atoms with Crippen LogP contribution in [0.2, 0.25) is 0 Å². The Labute approximate surface area is 143 Å². The number of phenolic OH excluding ortho intramolecular Hbond substituents is 1. The molecule has 2 amide bonds. The van der Waals surface area contributed by atoms with E-state index in [1.165, 1.54) is 47.9 Å². The number of nitrogens with one attached hydrogen (secondary N) is 1. The van der Waals surface area contributed by atoms with E-state index in [0.29, 0.717) is 5.56 Å². The van der Waals surface area contributed by atoms with Crippen LogP contribution in [0.1, 0.15) is 18.5 Å². The highest BCUT2D eigenvalue weighted by Gasteiger charge is 2.51. The fourth-order valence-corrected chi connectivity index (χ4v) is 3.45. The van der Waals surface area contributed by atoms with Crippen molar-refractivity contribution >= 4 is 29.5 Å². The number of hydrogen-bond acceptors (Lipinski definition) is 6. The summed E-state index contributed by atoms with van der Waals surface area (Å²) in [7, 11) is 0. The Morgan fingerprint density at radius 2 is 1.92 bits per heavy atom. The van der Waals surface area contributed by atoms with Gasteiger partial charge in [-0.2, -0.15) is 0 Å². The van der Waals surface area contributed by atoms with E-state index in [-0.39, 0.29) is 5.75 Å². The van der Waals surface area contributed by atoms with Gasteiger partial charge in [0, 0.05) is 0 Å². The molecule has 1 aromatic carbocycles. The maximum atomic E-state index is 12.3. The zero-order chi connectivity index (χ0) is 18.0. The van der Waals surface area contributed by atoms with Gasteiger partial charge in [-0.3, -0.25) is 9.59 Å². The lowest BCUT2D eigenvalue weighted by atomic mass is 10.0. The second kappa shape index (κ2) is 7.10. The third kappa shape index (κ3) is 3.31. The first-order valence-corrected chi connectivity index (χ1v) is 8.49. The van der Waals surface area contributed by atoms with Gasteiger partial charge in [-0.15, -0.1) is 11.8 Å². The van der Waals surface area contributed by atoms with E-state index < -0.39 is 41.3 Å². The molecule has 9 heteroatoms. The van der Waals surface area contributed by atoms with E-state index in [2.05, 4.69) is 5.32 Å². The van der Waals surface area contributed by atoms with Crippen LogP contribution >= 0.6 is 11.8 Å². The number of likely N-dealkylation sites (tertiary alicyclic amines) is 1. The predicted molar refractivity (Wildman–Crippen MR) is 88.2 cm³/mol. The first kappa shape index (κ1) is 18.1. The first-order chi connectivity index (χ1) is 11.3. The Balaban J connectivity index is 2.05. The summed E-state index contributed by atoms with van der Waals surface area (Å²) >= 11 is 1.28. The van der Waals surface area contributed by atoms with Crippen molar-refractivity contribution in [3.63, 3.8) is 0 Å². The highest BCUT2D eigenvalue weighted by atomic mass is 32.2. The van der Waals surface area contributed by atoms with Crippen molar-refractivity contribution in [3.8, 4) is 5.75 Å². The molecule has 0 spiro atoms. The molecular weight excluding hydrogens is 334 g/mol. The van der Waals surface area contributed by atoms with Gasteiger partial charge in [0.15, 0.2) is 0 Å². The van der Waals surface area contributed by atoms with E-state index in [4.69, 9.17) is 10.8 Å². The predicted octanol–water partition coefficient (Wildman–Crippen LogP) is -0.119. The van der Waals surface area contributed by atoms with Gasteiger partial charge in [-0.25, -0.2) is 4.79 Å². The molecule has 1 aliphatic rings. The minimum Gasteiger partial charge on any atom is -0.508 e. The minimum absolute atomic E-state index is 0.0567. The average molecular weight is 353 g/mol. The highest BCUT2D eigenvalue weighted by Crippen LogP contribution is 2.31. The van der Waals surface area contributed by atoms with Crippen molar-refractivity contribution in [3.05, 3.63) is 29.8 Å². The van der Waals surface area contributed by atoms with E-state index >= 15 is 0 Å². The lowest BCUT2D eigenvalue weighted by Gasteiger charge is -2.48. The standard InChI is InChI=1S/C15H19N3O5S/c1-7(15(22)23)18-13(21)11(14(18)24-2)17-12(20)10(16)8-3-5-9(19)6-4-8/h3-7,10-11,14,19H,16H2,1-2H3,(H,17,20)(H,22,23)/t7-,10-,11-,14-/m1/s1. The zero-order valence-corrected chi connectivity index (χ0v) is 14.0. The van der Waals surface area contributed by atoms with Gasteiger partial charge in [0.1, 0.15) is 29.2 Å². The molecule has 2 rings (SSSR count). The number of carboxylic acid groups (broad SMARTS) is 1. The molecule has 130 valence electrons. The van der Waals surface area contributed by atoms with E-state index in [9.17, 15) is 19.5 Å². The minimum atomic E-state index is -1.10. The normalized spacial score (nSPS) is 22.5. The highest BCUT2D eigenvalue weighted by molar-refractivity contribution is 7.99. The number of thioether (sulfide) groups is 1. The molecule has 0 unspecified atom stereocenters. The maximum Gasteiger partial charge on any atom is 0.326 e. The summed E-state index contributed by atoms with van der Waals surface area (Å²) in [6, 6.07) is 3.11.